The maximum absolute atomic E-state index is 13.4. The van der Waals surface area contributed by atoms with Crippen molar-refractivity contribution in [3.63, 3.8) is 0 Å². The predicted octanol–water partition coefficient (Wildman–Crippen LogP) is 3.92. The van der Waals surface area contributed by atoms with Gasteiger partial charge in [0.25, 0.3) is 0 Å². The molecule has 3 aliphatic rings. The van der Waals surface area contributed by atoms with E-state index in [1.807, 2.05) is 12.1 Å². The number of hydrogen-bond donors (Lipinski definition) is 0. The third kappa shape index (κ3) is 2.86. The molecule has 4 atom stereocenters. The molecule has 2 bridgehead atoms. The highest BCUT2D eigenvalue weighted by molar-refractivity contribution is 6.30. The Balaban J connectivity index is 1.65. The summed E-state index contributed by atoms with van der Waals surface area (Å²) in [5.41, 5.74) is 1.29. The molecule has 3 heterocycles. The number of benzene rings is 1. The van der Waals surface area contributed by atoms with Gasteiger partial charge in [0.15, 0.2) is 0 Å². The van der Waals surface area contributed by atoms with Crippen LogP contribution in [0.15, 0.2) is 24.3 Å². The summed E-state index contributed by atoms with van der Waals surface area (Å²) in [5, 5.41) is 0.772. The van der Waals surface area contributed by atoms with E-state index in [1.165, 1.54) is 18.4 Å². The molecule has 4 unspecified atom stereocenters. The molecule has 4 heteroatoms. The molecule has 0 spiro atoms. The van der Waals surface area contributed by atoms with Crippen molar-refractivity contribution in [2.75, 3.05) is 20.1 Å². The lowest BCUT2D eigenvalue weighted by Crippen LogP contribution is -2.53. The molecule has 3 aliphatic heterocycles. The van der Waals surface area contributed by atoms with E-state index in [1.54, 1.807) is 0 Å². The number of halogens is 1. The third-order valence-corrected chi connectivity index (χ3v) is 6.77. The van der Waals surface area contributed by atoms with Gasteiger partial charge in [-0.05, 0) is 69.2 Å². The first-order valence-corrected chi connectivity index (χ1v) is 9.79. The van der Waals surface area contributed by atoms with E-state index in [4.69, 9.17) is 11.6 Å². The molecular weight excluding hydrogens is 320 g/mol. The summed E-state index contributed by atoms with van der Waals surface area (Å²) in [4.78, 5) is 18.0. The second kappa shape index (κ2) is 6.68. The third-order valence-electron chi connectivity index (χ3n) is 6.52. The van der Waals surface area contributed by atoms with Crippen LogP contribution in [0.25, 0.3) is 0 Å². The Labute approximate surface area is 150 Å². The van der Waals surface area contributed by atoms with Crippen LogP contribution in [0.1, 0.15) is 50.0 Å². The fourth-order valence-corrected chi connectivity index (χ4v) is 5.31. The van der Waals surface area contributed by atoms with Gasteiger partial charge in [-0.2, -0.15) is 0 Å². The zero-order chi connectivity index (χ0) is 16.7. The van der Waals surface area contributed by atoms with Crippen LogP contribution >= 0.6 is 11.6 Å². The molecule has 3 saturated heterocycles. The van der Waals surface area contributed by atoms with Crippen LogP contribution in [0.5, 0.6) is 0 Å². The van der Waals surface area contributed by atoms with Gasteiger partial charge >= 0.3 is 0 Å². The van der Waals surface area contributed by atoms with Crippen molar-refractivity contribution >= 4 is 17.5 Å². The first-order chi connectivity index (χ1) is 11.6. The van der Waals surface area contributed by atoms with Gasteiger partial charge in [0, 0.05) is 30.2 Å². The quantitative estimate of drug-likeness (QED) is 0.810. The normalized spacial score (nSPS) is 33.7. The van der Waals surface area contributed by atoms with Gasteiger partial charge in [-0.15, -0.1) is 0 Å². The highest BCUT2D eigenvalue weighted by Crippen LogP contribution is 2.47. The second-order valence-electron chi connectivity index (χ2n) is 7.77. The Morgan fingerprint density at radius 2 is 1.79 bits per heavy atom. The minimum atomic E-state index is 0.105. The van der Waals surface area contributed by atoms with Crippen molar-refractivity contribution in [3.05, 3.63) is 34.9 Å². The van der Waals surface area contributed by atoms with Crippen LogP contribution in [-0.4, -0.2) is 47.9 Å². The van der Waals surface area contributed by atoms with E-state index in [-0.39, 0.29) is 5.92 Å². The largest absolute Gasteiger partial charge is 0.342 e. The maximum atomic E-state index is 13.4. The summed E-state index contributed by atoms with van der Waals surface area (Å²) in [7, 11) is 2.22. The van der Waals surface area contributed by atoms with Crippen LogP contribution in [-0.2, 0) is 4.79 Å². The van der Waals surface area contributed by atoms with Gasteiger partial charge in [-0.3, -0.25) is 9.69 Å². The lowest BCUT2D eigenvalue weighted by molar-refractivity contribution is -0.141. The van der Waals surface area contributed by atoms with Gasteiger partial charge in [0.2, 0.25) is 5.91 Å². The number of hydrogen-bond acceptors (Lipinski definition) is 2. The van der Waals surface area contributed by atoms with Crippen molar-refractivity contribution in [2.24, 2.45) is 5.92 Å². The van der Waals surface area contributed by atoms with E-state index in [0.29, 0.717) is 23.9 Å². The van der Waals surface area contributed by atoms with Crippen LogP contribution in [0.2, 0.25) is 5.02 Å². The monoisotopic (exact) mass is 346 g/mol. The van der Waals surface area contributed by atoms with Crippen molar-refractivity contribution in [2.45, 2.75) is 56.5 Å². The van der Waals surface area contributed by atoms with Crippen molar-refractivity contribution < 1.29 is 4.79 Å². The minimum absolute atomic E-state index is 0.105. The molecule has 0 radical (unpaired) electrons. The number of likely N-dealkylation sites (tertiary alicyclic amines) is 1. The van der Waals surface area contributed by atoms with Gasteiger partial charge in [-0.1, -0.05) is 23.7 Å². The fraction of sp³-hybridized carbons (Fsp3) is 0.650. The molecule has 1 aromatic rings. The molecule has 0 saturated carbocycles. The standard InChI is InChI=1S/C20H27ClN2O/c1-22-16-9-10-18(22)19(20(24)23-11-3-2-4-12-23)17(13-16)14-5-7-15(21)8-6-14/h5-8,16-19H,2-4,9-13H2,1H3. The number of carbonyl (C=O) groups is 1. The average molecular weight is 347 g/mol. The summed E-state index contributed by atoms with van der Waals surface area (Å²) in [6.07, 6.45) is 7.07. The average Bonchev–Trinajstić information content (AvgIpc) is 2.85. The molecule has 0 N–H and O–H groups in total. The number of carbonyl (C=O) groups excluding carboxylic acids is 1. The van der Waals surface area contributed by atoms with Gasteiger partial charge in [0.05, 0.1) is 5.92 Å². The minimum Gasteiger partial charge on any atom is -0.342 e. The first-order valence-electron chi connectivity index (χ1n) is 9.41. The summed E-state index contributed by atoms with van der Waals surface area (Å²) in [6.45, 7) is 1.89. The summed E-state index contributed by atoms with van der Waals surface area (Å²) < 4.78 is 0. The zero-order valence-electron chi connectivity index (χ0n) is 14.5. The van der Waals surface area contributed by atoms with E-state index in [9.17, 15) is 4.79 Å². The molecule has 130 valence electrons. The first kappa shape index (κ1) is 16.4. The topological polar surface area (TPSA) is 23.6 Å². The lowest BCUT2D eigenvalue weighted by Gasteiger charge is -2.44. The summed E-state index contributed by atoms with van der Waals surface area (Å²) in [6, 6.07) is 9.24. The van der Waals surface area contributed by atoms with E-state index >= 15 is 0 Å². The van der Waals surface area contributed by atoms with Crippen molar-refractivity contribution in [3.8, 4) is 0 Å². The van der Waals surface area contributed by atoms with Gasteiger partial charge in [-0.25, -0.2) is 0 Å². The fourth-order valence-electron chi connectivity index (χ4n) is 5.18. The lowest BCUT2D eigenvalue weighted by atomic mass is 9.75. The molecule has 4 rings (SSSR count). The Morgan fingerprint density at radius 1 is 1.08 bits per heavy atom. The molecule has 3 nitrogen and oxygen atoms in total. The molecule has 0 aliphatic carbocycles. The number of rotatable bonds is 2. The molecule has 0 aromatic heterocycles. The van der Waals surface area contributed by atoms with Crippen molar-refractivity contribution in [1.29, 1.82) is 0 Å². The van der Waals surface area contributed by atoms with Crippen LogP contribution < -0.4 is 0 Å². The molecule has 1 amide bonds. The van der Waals surface area contributed by atoms with Crippen molar-refractivity contribution in [1.82, 2.24) is 9.80 Å². The molecule has 24 heavy (non-hydrogen) atoms. The summed E-state index contributed by atoms with van der Waals surface area (Å²) in [5.74, 6) is 0.838. The van der Waals surface area contributed by atoms with Gasteiger partial charge < -0.3 is 4.90 Å². The molecule has 3 fully saturated rings. The van der Waals surface area contributed by atoms with E-state index in [2.05, 4.69) is 29.0 Å². The molecule has 1 aromatic carbocycles. The smallest absolute Gasteiger partial charge is 0.227 e. The van der Waals surface area contributed by atoms with Gasteiger partial charge in [0.1, 0.15) is 0 Å². The van der Waals surface area contributed by atoms with E-state index < -0.39 is 0 Å². The number of nitrogens with zero attached hydrogens (tertiary/aromatic N) is 2. The SMILES string of the molecule is CN1C2CCC1C(C(=O)N1CCCCC1)C(c1ccc(Cl)cc1)C2. The van der Waals surface area contributed by atoms with Crippen LogP contribution in [0.3, 0.4) is 0 Å². The predicted molar refractivity (Wildman–Crippen MR) is 97.3 cm³/mol. The number of amides is 1. The number of fused-ring (bicyclic) bond motifs is 2. The number of piperidine rings is 2. The maximum Gasteiger partial charge on any atom is 0.227 e. The Kier molecular flexibility index (Phi) is 4.57. The Bertz CT molecular complexity index is 596. The zero-order valence-corrected chi connectivity index (χ0v) is 15.2. The highest BCUT2D eigenvalue weighted by Gasteiger charge is 2.49. The second-order valence-corrected chi connectivity index (χ2v) is 8.21. The van der Waals surface area contributed by atoms with Crippen LogP contribution in [0.4, 0.5) is 0 Å². The summed E-state index contributed by atoms with van der Waals surface area (Å²) >= 11 is 6.08. The van der Waals surface area contributed by atoms with Crippen LogP contribution in [0, 0.1) is 5.92 Å². The highest BCUT2D eigenvalue weighted by atomic mass is 35.5. The molecular formula is C20H27ClN2O. The van der Waals surface area contributed by atoms with E-state index in [0.717, 1.165) is 43.8 Å². The Morgan fingerprint density at radius 3 is 2.50 bits per heavy atom. The Hall–Kier alpha value is -1.06.